The Morgan fingerprint density at radius 3 is 1.00 bits per heavy atom. The Hall–Kier alpha value is -15.3. The number of likely N-dealkylation sites (N-methyl/N-ethyl adjacent to an activating group) is 1. The highest BCUT2D eigenvalue weighted by atomic mass is 16.5. The smallest absolute Gasteiger partial charge is 0.255 e. The lowest BCUT2D eigenvalue weighted by atomic mass is 9.91. The summed E-state index contributed by atoms with van der Waals surface area (Å²) in [5, 5.41) is 7.57. The Morgan fingerprint density at radius 2 is 0.664 bits per heavy atom. The first-order valence-electron chi connectivity index (χ1n) is 48.3. The van der Waals surface area contributed by atoms with Crippen molar-refractivity contribution in [2.24, 2.45) is 11.8 Å². The topological polar surface area (TPSA) is 269 Å². The molecule has 5 fully saturated rings. The van der Waals surface area contributed by atoms with Gasteiger partial charge in [-0.1, -0.05) is 51.1 Å². The SMILES string of the molecule is CCN1CCN(C(=O)c2cnc3c(ccn3-c3ccc(OC)cc3)c2)CC1.COCCNC(=O)c1ccc(-n2ccc3cc(C(=O)N4CCCCC4)cnc32)cc1.COc1ccc(-n2ccc3cc(C(=O)N4CC(c5ccccc5)C4)cnc32)cc1.COc1ccc(-n2ccc3cc(C(=O)N4C[C@H](C)C[C@H](C)C4)cnc32)cc1.COc1ccc(-n2ccc3cc(C(=O)N4[C@H](C)CCC[C@@H]4C)cnc32)cc1. The number of nitrogens with zero attached hydrogens (tertiary/aromatic N) is 16. The van der Waals surface area contributed by atoms with Crippen molar-refractivity contribution in [2.75, 3.05) is 121 Å². The van der Waals surface area contributed by atoms with Crippen LogP contribution in [0.4, 0.5) is 0 Å². The molecule has 6 aromatic carbocycles. The van der Waals surface area contributed by atoms with E-state index in [1.807, 2.05) is 266 Å². The fourth-order valence-corrected chi connectivity index (χ4v) is 19.3. The third-order valence-electron chi connectivity index (χ3n) is 27.0. The number of hydrogen-bond donors (Lipinski definition) is 1. The Bertz CT molecular complexity index is 6980. The van der Waals surface area contributed by atoms with Gasteiger partial charge in [0.1, 0.15) is 51.2 Å². The van der Waals surface area contributed by atoms with Gasteiger partial charge in [-0.15, -0.1) is 0 Å². The summed E-state index contributed by atoms with van der Waals surface area (Å²) in [6, 6.07) is 69.3. The molecule has 0 spiro atoms. The Labute approximate surface area is 815 Å². The van der Waals surface area contributed by atoms with Crippen molar-refractivity contribution in [1.82, 2.24) is 82.5 Å². The quantitative estimate of drug-likeness (QED) is 0.0695. The van der Waals surface area contributed by atoms with Crippen LogP contribution in [0.5, 0.6) is 23.0 Å². The van der Waals surface area contributed by atoms with Crippen LogP contribution < -0.4 is 24.3 Å². The van der Waals surface area contributed by atoms with Gasteiger partial charge in [-0.25, -0.2) is 24.9 Å². The maximum Gasteiger partial charge on any atom is 0.255 e. The summed E-state index contributed by atoms with van der Waals surface area (Å²) in [6.07, 6.45) is 26.1. The predicted octanol–water partition coefficient (Wildman–Crippen LogP) is 18.7. The van der Waals surface area contributed by atoms with Crippen molar-refractivity contribution in [3.8, 4) is 51.4 Å². The van der Waals surface area contributed by atoms with Crippen LogP contribution in [0.25, 0.3) is 83.6 Å². The largest absolute Gasteiger partial charge is 0.497 e. The van der Waals surface area contributed by atoms with E-state index >= 15 is 0 Å². The van der Waals surface area contributed by atoms with E-state index in [-0.39, 0.29) is 47.5 Å². The number of piperidine rings is 3. The van der Waals surface area contributed by atoms with Gasteiger partial charge in [0.05, 0.1) is 62.9 Å². The zero-order chi connectivity index (χ0) is 97.5. The monoisotopic (exact) mass is 1880 g/mol. The fourth-order valence-electron chi connectivity index (χ4n) is 19.3. The van der Waals surface area contributed by atoms with Gasteiger partial charge in [0.25, 0.3) is 35.4 Å². The van der Waals surface area contributed by atoms with Crippen LogP contribution in [0.3, 0.4) is 0 Å². The standard InChI is InChI=1S/C24H21N3O2.C23H26N4O3.2C22H25N3O2.C21H24N4O2/c1-29-22-9-7-21(8-10-22)27-12-11-18-13-19(14-25-23(18)27)24(28)26-15-20(16-26)17-5-3-2-4-6-17;1-30-14-10-24-22(28)17-5-7-20(8-6-17)27-13-9-18-15-19(16-25-21(18)27)23(29)26-11-3-2-4-12-26;1-15-10-16(2)14-24(13-15)22(26)18-11-17-8-9-25(21(17)23-12-18)19-4-6-20(27-3)7-5-19;1-15-5-4-6-16(2)25(15)22(26)18-13-17-11-12-24(21(17)23-14-18)19-7-9-20(27-3)10-8-19;1-3-23-10-12-24(13-11-23)21(26)17-14-16-8-9-25(20(16)22-15-17)18-4-6-19(27-2)7-5-18/h2-14,20H,15-16H2,1H3;5-9,13,15-16H,2-4,10-12,14H2,1H3,(H,24,28);4-9,11-12,15-16H,10,13-14H2,1-3H3;7-16H,4-6H2,1-3H3;4-9,14-15H,3,10-13H2,1-2H3/t;;2*15-,16+;. The summed E-state index contributed by atoms with van der Waals surface area (Å²) in [6.45, 7) is 21.1. The third kappa shape index (κ3) is 22.0. The van der Waals surface area contributed by atoms with Crippen LogP contribution in [-0.4, -0.2) is 245 Å². The molecule has 4 atom stereocenters. The van der Waals surface area contributed by atoms with Crippen LogP contribution in [0.2, 0.25) is 0 Å². The molecule has 0 bridgehead atoms. The molecule has 0 aliphatic carbocycles. The molecule has 16 aromatic rings. The molecule has 720 valence electrons. The van der Waals surface area contributed by atoms with Crippen LogP contribution in [0.15, 0.2) is 274 Å². The summed E-state index contributed by atoms with van der Waals surface area (Å²) in [5.41, 5.74) is 14.2. The highest BCUT2D eigenvalue weighted by Gasteiger charge is 2.35. The van der Waals surface area contributed by atoms with Gasteiger partial charge in [0.15, 0.2) is 0 Å². The molecular weight excluding hydrogens is 1760 g/mol. The number of piperazine rings is 1. The van der Waals surface area contributed by atoms with E-state index in [0.29, 0.717) is 64.3 Å². The Morgan fingerprint density at radius 1 is 0.343 bits per heavy atom. The number of carbonyl (C=O) groups excluding carboxylic acids is 6. The molecule has 140 heavy (non-hydrogen) atoms. The molecule has 5 aliphatic rings. The molecular formula is C112H121N17O11. The minimum Gasteiger partial charge on any atom is -0.497 e. The Kier molecular flexibility index (Phi) is 30.6. The molecule has 1 N–H and O–H groups in total. The van der Waals surface area contributed by atoms with E-state index in [4.69, 9.17) is 23.7 Å². The van der Waals surface area contributed by atoms with E-state index < -0.39 is 0 Å². The summed E-state index contributed by atoms with van der Waals surface area (Å²) >= 11 is 0. The van der Waals surface area contributed by atoms with Crippen LogP contribution in [-0.2, 0) is 4.74 Å². The number of aromatic nitrogens is 10. The van der Waals surface area contributed by atoms with E-state index in [0.717, 1.165) is 204 Å². The highest BCUT2D eigenvalue weighted by Crippen LogP contribution is 2.34. The highest BCUT2D eigenvalue weighted by molar-refractivity contribution is 6.01. The first kappa shape index (κ1) is 96.4. The van der Waals surface area contributed by atoms with Gasteiger partial charge in [-0.05, 0) is 265 Å². The number of rotatable bonds is 20. The third-order valence-corrected chi connectivity index (χ3v) is 27.0. The second kappa shape index (κ2) is 44.5. The number of carbonyl (C=O) groups is 6. The van der Waals surface area contributed by atoms with E-state index in [2.05, 4.69) is 81.9 Å². The number of nitrogens with one attached hydrogen (secondary N) is 1. The summed E-state index contributed by atoms with van der Waals surface area (Å²) in [4.78, 5) is 112. The average molecular weight is 1880 g/mol. The number of ether oxygens (including phenoxy) is 5. The second-order valence-electron chi connectivity index (χ2n) is 36.6. The minimum absolute atomic E-state index is 0.0452. The molecule has 0 radical (unpaired) electrons. The molecule has 5 saturated heterocycles. The van der Waals surface area contributed by atoms with Crippen molar-refractivity contribution in [3.05, 3.63) is 313 Å². The molecule has 28 heteroatoms. The normalized spacial score (nSPS) is 16.6. The lowest BCUT2D eigenvalue weighted by Gasteiger charge is -2.39. The summed E-state index contributed by atoms with van der Waals surface area (Å²) in [7, 11) is 8.22. The van der Waals surface area contributed by atoms with Crippen molar-refractivity contribution < 1.29 is 52.5 Å². The zero-order valence-electron chi connectivity index (χ0n) is 81.2. The predicted molar refractivity (Wildman–Crippen MR) is 546 cm³/mol. The fraction of sp³-hybridized carbons (Fsp3) is 0.312. The number of fused-ring (bicyclic) bond motifs is 5. The lowest BCUT2D eigenvalue weighted by molar-refractivity contribution is 0.0509. The lowest BCUT2D eigenvalue weighted by Crippen LogP contribution is -2.48. The number of hydrogen-bond acceptors (Lipinski definition) is 17. The summed E-state index contributed by atoms with van der Waals surface area (Å²) < 4.78 is 35.9. The van der Waals surface area contributed by atoms with Crippen molar-refractivity contribution >= 4 is 90.6 Å². The Balaban J connectivity index is 0.000000121. The number of likely N-dealkylation sites (tertiary alicyclic amines) is 4. The van der Waals surface area contributed by atoms with Gasteiger partial charge >= 0.3 is 0 Å². The van der Waals surface area contributed by atoms with Crippen LogP contribution >= 0.6 is 0 Å². The van der Waals surface area contributed by atoms with Crippen LogP contribution in [0.1, 0.15) is 153 Å². The van der Waals surface area contributed by atoms with Crippen LogP contribution in [0, 0.1) is 11.8 Å². The van der Waals surface area contributed by atoms with E-state index in [9.17, 15) is 28.8 Å². The molecule has 10 aromatic heterocycles. The number of amides is 6. The molecule has 15 heterocycles. The molecule has 0 unspecified atom stereocenters. The number of methoxy groups -OCH3 is 5. The first-order chi connectivity index (χ1) is 68.2. The maximum atomic E-state index is 13.1. The van der Waals surface area contributed by atoms with Gasteiger partial charge in [-0.2, -0.15) is 0 Å². The van der Waals surface area contributed by atoms with Crippen molar-refractivity contribution in [2.45, 2.75) is 97.6 Å². The first-order valence-corrected chi connectivity index (χ1v) is 48.3. The van der Waals surface area contributed by atoms with Gasteiger partial charge in [0.2, 0.25) is 0 Å². The van der Waals surface area contributed by atoms with Crippen molar-refractivity contribution in [3.63, 3.8) is 0 Å². The molecule has 6 amide bonds. The average Bonchev–Trinajstić information content (AvgIpc) is 1.77. The van der Waals surface area contributed by atoms with E-state index in [1.165, 1.54) is 24.8 Å². The second-order valence-corrected chi connectivity index (χ2v) is 36.6. The maximum absolute atomic E-state index is 13.1. The zero-order valence-corrected chi connectivity index (χ0v) is 81.2. The minimum atomic E-state index is -0.130. The number of pyridine rings is 5. The molecule has 28 nitrogen and oxygen atoms in total. The van der Waals surface area contributed by atoms with Gasteiger partial charge in [0, 0.05) is 220 Å². The molecule has 0 saturated carbocycles. The van der Waals surface area contributed by atoms with Gasteiger partial charge < -0.3 is 81.2 Å². The van der Waals surface area contributed by atoms with Gasteiger partial charge in [-0.3, -0.25) is 28.8 Å². The van der Waals surface area contributed by atoms with E-state index in [1.54, 1.807) is 78.7 Å². The molecule has 21 rings (SSSR count). The van der Waals surface area contributed by atoms with Crippen molar-refractivity contribution in [1.29, 1.82) is 0 Å². The molecule has 5 aliphatic heterocycles. The number of benzene rings is 6. The summed E-state index contributed by atoms with van der Waals surface area (Å²) in [5.74, 6) is 5.00.